The van der Waals surface area contributed by atoms with Crippen LogP contribution in [0.15, 0.2) is 40.2 Å². The second kappa shape index (κ2) is 9.31. The van der Waals surface area contributed by atoms with Crippen LogP contribution in [0.2, 0.25) is 0 Å². The van der Waals surface area contributed by atoms with Gasteiger partial charge in [-0.3, -0.25) is 4.79 Å². The number of fused-ring (bicyclic) bond motifs is 1. The first kappa shape index (κ1) is 23.1. The van der Waals surface area contributed by atoms with Crippen molar-refractivity contribution in [3.8, 4) is 11.4 Å². The molecule has 0 spiro atoms. The summed E-state index contributed by atoms with van der Waals surface area (Å²) in [6, 6.07) is 6.21. The van der Waals surface area contributed by atoms with E-state index in [-0.39, 0.29) is 23.6 Å². The van der Waals surface area contributed by atoms with Gasteiger partial charge >= 0.3 is 0 Å². The molecule has 0 radical (unpaired) electrons. The second-order valence-corrected chi connectivity index (χ2v) is 9.39. The minimum absolute atomic E-state index is 0.0269. The highest BCUT2D eigenvalue weighted by Gasteiger charge is 2.24. The topological polar surface area (TPSA) is 118 Å². The molecule has 31 heavy (non-hydrogen) atoms. The molecule has 0 saturated heterocycles. The normalized spacial score (nSPS) is 13.2. The van der Waals surface area contributed by atoms with E-state index in [0.717, 1.165) is 22.8 Å². The highest BCUT2D eigenvalue weighted by atomic mass is 32.2. The van der Waals surface area contributed by atoms with Crippen LogP contribution in [0.25, 0.3) is 22.4 Å². The van der Waals surface area contributed by atoms with Crippen molar-refractivity contribution in [1.29, 1.82) is 0 Å². The molecule has 0 aliphatic carbocycles. The first-order chi connectivity index (χ1) is 14.7. The van der Waals surface area contributed by atoms with E-state index < -0.39 is 16.3 Å². The Bertz CT molecular complexity index is 1230. The van der Waals surface area contributed by atoms with Crippen LogP contribution in [0.1, 0.15) is 25.8 Å². The minimum atomic E-state index is -3.88. The SMILES string of the molecule is CCCn1cc(C)c2c(=O)[nH]c(-c3cccc(S(=O)(=O)N(C)CC(O)OCC)c3)nc21. The van der Waals surface area contributed by atoms with Gasteiger partial charge in [0.2, 0.25) is 10.0 Å². The van der Waals surface area contributed by atoms with Crippen LogP contribution >= 0.6 is 0 Å². The Morgan fingerprint density at radius 1 is 1.32 bits per heavy atom. The number of ether oxygens (including phenoxy) is 1. The molecule has 1 unspecified atom stereocenters. The van der Waals surface area contributed by atoms with Crippen molar-refractivity contribution >= 4 is 21.1 Å². The number of aryl methyl sites for hydroxylation is 2. The molecule has 3 rings (SSSR count). The monoisotopic (exact) mass is 448 g/mol. The predicted octanol–water partition coefficient (Wildman–Crippen LogP) is 2.09. The number of H-pyrrole nitrogens is 1. The van der Waals surface area contributed by atoms with Crippen molar-refractivity contribution in [3.63, 3.8) is 0 Å². The van der Waals surface area contributed by atoms with Crippen LogP contribution in [0.4, 0.5) is 0 Å². The third kappa shape index (κ3) is 4.72. The fraction of sp³-hybridized carbons (Fsp3) is 0.429. The van der Waals surface area contributed by atoms with Gasteiger partial charge in [-0.05, 0) is 38.0 Å². The Hall–Kier alpha value is -2.53. The summed E-state index contributed by atoms with van der Waals surface area (Å²) in [6.07, 6.45) is 1.57. The molecule has 0 amide bonds. The molecule has 1 atom stereocenters. The van der Waals surface area contributed by atoms with E-state index in [0.29, 0.717) is 22.4 Å². The predicted molar refractivity (Wildman–Crippen MR) is 118 cm³/mol. The first-order valence-electron chi connectivity index (χ1n) is 10.1. The molecule has 0 aliphatic heterocycles. The molecule has 2 aromatic heterocycles. The lowest BCUT2D eigenvalue weighted by molar-refractivity contribution is -0.0987. The van der Waals surface area contributed by atoms with E-state index in [1.165, 1.54) is 19.2 Å². The third-order valence-electron chi connectivity index (χ3n) is 4.97. The lowest BCUT2D eigenvalue weighted by atomic mass is 10.2. The number of nitrogens with one attached hydrogen (secondary N) is 1. The number of nitrogens with zero attached hydrogens (tertiary/aromatic N) is 3. The van der Waals surface area contributed by atoms with E-state index in [1.54, 1.807) is 19.1 Å². The summed E-state index contributed by atoms with van der Waals surface area (Å²) >= 11 is 0. The minimum Gasteiger partial charge on any atom is -0.367 e. The number of aliphatic hydroxyl groups is 1. The largest absolute Gasteiger partial charge is 0.367 e. The zero-order valence-corrected chi connectivity index (χ0v) is 18.9. The Kier molecular flexibility index (Phi) is 6.95. The van der Waals surface area contributed by atoms with Crippen molar-refractivity contribution in [2.75, 3.05) is 20.2 Å². The lowest BCUT2D eigenvalue weighted by Gasteiger charge is -2.20. The van der Waals surface area contributed by atoms with Gasteiger partial charge in [-0.25, -0.2) is 13.4 Å². The Morgan fingerprint density at radius 3 is 2.74 bits per heavy atom. The molecule has 0 aliphatic rings. The van der Waals surface area contributed by atoms with Gasteiger partial charge in [0.05, 0.1) is 16.8 Å². The molecular weight excluding hydrogens is 420 g/mol. The highest BCUT2D eigenvalue weighted by molar-refractivity contribution is 7.89. The summed E-state index contributed by atoms with van der Waals surface area (Å²) in [5, 5.41) is 10.3. The number of hydrogen-bond acceptors (Lipinski definition) is 6. The number of likely N-dealkylation sites (N-methyl/N-ethyl adjacent to an activating group) is 1. The molecule has 9 nitrogen and oxygen atoms in total. The van der Waals surface area contributed by atoms with Crippen LogP contribution in [0, 0.1) is 6.92 Å². The number of benzene rings is 1. The van der Waals surface area contributed by atoms with Crippen LogP contribution in [-0.4, -0.2) is 58.9 Å². The number of aromatic amines is 1. The fourth-order valence-corrected chi connectivity index (χ4v) is 4.69. The molecule has 0 saturated carbocycles. The van der Waals surface area contributed by atoms with Crippen molar-refractivity contribution < 1.29 is 18.3 Å². The van der Waals surface area contributed by atoms with Gasteiger partial charge in [-0.1, -0.05) is 19.1 Å². The van der Waals surface area contributed by atoms with Gasteiger partial charge in [-0.2, -0.15) is 4.31 Å². The van der Waals surface area contributed by atoms with Gasteiger partial charge in [0.1, 0.15) is 11.5 Å². The summed E-state index contributed by atoms with van der Waals surface area (Å²) in [4.78, 5) is 20.1. The van der Waals surface area contributed by atoms with Gasteiger partial charge in [-0.15, -0.1) is 0 Å². The zero-order chi connectivity index (χ0) is 22.8. The molecule has 10 heteroatoms. The molecule has 1 aromatic carbocycles. The van der Waals surface area contributed by atoms with Crippen LogP contribution in [0.5, 0.6) is 0 Å². The van der Waals surface area contributed by atoms with E-state index in [2.05, 4.69) is 9.97 Å². The molecule has 2 heterocycles. The van der Waals surface area contributed by atoms with Crippen LogP contribution in [-0.2, 0) is 21.3 Å². The van der Waals surface area contributed by atoms with E-state index in [1.807, 2.05) is 24.6 Å². The fourth-order valence-electron chi connectivity index (χ4n) is 3.48. The smallest absolute Gasteiger partial charge is 0.260 e. The summed E-state index contributed by atoms with van der Waals surface area (Å²) in [6.45, 7) is 6.41. The van der Waals surface area contributed by atoms with Crippen molar-refractivity contribution in [3.05, 3.63) is 46.4 Å². The lowest BCUT2D eigenvalue weighted by Crippen LogP contribution is -2.35. The number of sulfonamides is 1. The molecular formula is C21H28N4O5S. The molecule has 2 N–H and O–H groups in total. The number of hydrogen-bond donors (Lipinski definition) is 2. The number of aliphatic hydroxyl groups excluding tert-OH is 1. The summed E-state index contributed by atoms with van der Waals surface area (Å²) < 4.78 is 33.9. The summed E-state index contributed by atoms with van der Waals surface area (Å²) in [7, 11) is -2.51. The first-order valence-corrected chi connectivity index (χ1v) is 11.6. The van der Waals surface area contributed by atoms with E-state index >= 15 is 0 Å². The standard InChI is InChI=1S/C21H28N4O5S/c1-5-10-25-12-14(3)18-20(25)22-19(23-21(18)27)15-8-7-9-16(11-15)31(28,29)24(4)13-17(26)30-6-2/h7-9,11-12,17,26H,5-6,10,13H2,1-4H3,(H,22,23,27). The van der Waals surface area contributed by atoms with Crippen LogP contribution < -0.4 is 5.56 Å². The maximum Gasteiger partial charge on any atom is 0.260 e. The third-order valence-corrected chi connectivity index (χ3v) is 6.79. The highest BCUT2D eigenvalue weighted by Crippen LogP contribution is 2.23. The Morgan fingerprint density at radius 2 is 2.06 bits per heavy atom. The Labute approximate surface area is 181 Å². The number of rotatable bonds is 9. The average molecular weight is 449 g/mol. The molecule has 168 valence electrons. The summed E-state index contributed by atoms with van der Waals surface area (Å²) in [5.74, 6) is 0.294. The molecule has 0 bridgehead atoms. The van der Waals surface area contributed by atoms with Crippen LogP contribution in [0.3, 0.4) is 0 Å². The maximum absolute atomic E-state index is 12.9. The molecule has 3 aromatic rings. The van der Waals surface area contributed by atoms with Gasteiger partial charge in [0, 0.05) is 32.0 Å². The molecule has 0 fully saturated rings. The van der Waals surface area contributed by atoms with Crippen molar-refractivity contribution in [2.45, 2.75) is 44.9 Å². The van der Waals surface area contributed by atoms with Crippen molar-refractivity contribution in [1.82, 2.24) is 18.8 Å². The average Bonchev–Trinajstić information content (AvgIpc) is 3.04. The second-order valence-electron chi connectivity index (χ2n) is 7.34. The van der Waals surface area contributed by atoms with E-state index in [9.17, 15) is 18.3 Å². The zero-order valence-electron chi connectivity index (χ0n) is 18.1. The number of aromatic nitrogens is 3. The van der Waals surface area contributed by atoms with Crippen molar-refractivity contribution in [2.24, 2.45) is 0 Å². The summed E-state index contributed by atoms with van der Waals surface area (Å²) in [5.41, 5.74) is 1.62. The Balaban J connectivity index is 2.02. The van der Waals surface area contributed by atoms with Gasteiger partial charge in [0.25, 0.3) is 5.56 Å². The van der Waals surface area contributed by atoms with E-state index in [4.69, 9.17) is 4.74 Å². The van der Waals surface area contributed by atoms with Gasteiger partial charge in [0.15, 0.2) is 6.29 Å². The quantitative estimate of drug-likeness (QED) is 0.484. The maximum atomic E-state index is 12.9. The van der Waals surface area contributed by atoms with Gasteiger partial charge < -0.3 is 19.4 Å².